The maximum atomic E-state index is 11.6. The van der Waals surface area contributed by atoms with Gasteiger partial charge in [-0.15, -0.1) is 0 Å². The Hall–Kier alpha value is -2.10. The standard InChI is InChI=1S/C15H19N3O3/c1-20-12-6-13(15(17)19)18(9-12)8-11-5-10(7-16)3-4-14(11)21-2/h3-5,12-13H,6,8-9H2,1-2H3,(H2,17,19)/t12-,13-/m0/s1. The van der Waals surface area contributed by atoms with Crippen molar-refractivity contribution < 1.29 is 14.3 Å². The number of primary amides is 1. The molecular formula is C15H19N3O3. The third kappa shape index (κ3) is 3.32. The summed E-state index contributed by atoms with van der Waals surface area (Å²) in [6.45, 7) is 1.12. The van der Waals surface area contributed by atoms with Crippen LogP contribution in [0.4, 0.5) is 0 Å². The number of nitrogens with zero attached hydrogens (tertiary/aromatic N) is 2. The number of hydrogen-bond acceptors (Lipinski definition) is 5. The van der Waals surface area contributed by atoms with Crippen LogP contribution in [0.2, 0.25) is 0 Å². The molecule has 0 radical (unpaired) electrons. The van der Waals surface area contributed by atoms with Crippen molar-refractivity contribution in [2.45, 2.75) is 25.1 Å². The van der Waals surface area contributed by atoms with E-state index < -0.39 is 0 Å². The molecule has 0 aliphatic carbocycles. The molecule has 1 aromatic carbocycles. The van der Waals surface area contributed by atoms with E-state index in [-0.39, 0.29) is 18.1 Å². The smallest absolute Gasteiger partial charge is 0.234 e. The molecule has 1 heterocycles. The Morgan fingerprint density at radius 1 is 1.52 bits per heavy atom. The van der Waals surface area contributed by atoms with Gasteiger partial charge in [-0.1, -0.05) is 0 Å². The summed E-state index contributed by atoms with van der Waals surface area (Å²) < 4.78 is 10.6. The number of rotatable bonds is 5. The molecule has 0 bridgehead atoms. The van der Waals surface area contributed by atoms with E-state index in [9.17, 15) is 4.79 Å². The lowest BCUT2D eigenvalue weighted by Gasteiger charge is -2.22. The van der Waals surface area contributed by atoms with Gasteiger partial charge in [-0.2, -0.15) is 5.26 Å². The van der Waals surface area contributed by atoms with Crippen LogP contribution in [0.25, 0.3) is 0 Å². The fourth-order valence-electron chi connectivity index (χ4n) is 2.69. The molecule has 0 saturated carbocycles. The number of nitrogens with two attached hydrogens (primary N) is 1. The summed E-state index contributed by atoms with van der Waals surface area (Å²) >= 11 is 0. The second-order valence-corrected chi connectivity index (χ2v) is 5.08. The van der Waals surface area contributed by atoms with Gasteiger partial charge in [0, 0.05) is 25.8 Å². The lowest BCUT2D eigenvalue weighted by molar-refractivity contribution is -0.122. The zero-order valence-electron chi connectivity index (χ0n) is 12.2. The predicted molar refractivity (Wildman–Crippen MR) is 76.5 cm³/mol. The Labute approximate surface area is 124 Å². The van der Waals surface area contributed by atoms with Crippen molar-refractivity contribution in [3.8, 4) is 11.8 Å². The largest absolute Gasteiger partial charge is 0.496 e. The van der Waals surface area contributed by atoms with Gasteiger partial charge < -0.3 is 15.2 Å². The van der Waals surface area contributed by atoms with Gasteiger partial charge in [-0.3, -0.25) is 9.69 Å². The highest BCUT2D eigenvalue weighted by atomic mass is 16.5. The molecule has 6 heteroatoms. The van der Waals surface area contributed by atoms with E-state index in [1.165, 1.54) is 0 Å². The van der Waals surface area contributed by atoms with Crippen molar-refractivity contribution in [1.29, 1.82) is 5.26 Å². The Kier molecular flexibility index (Phi) is 4.78. The van der Waals surface area contributed by atoms with E-state index in [1.54, 1.807) is 32.4 Å². The molecule has 0 spiro atoms. The van der Waals surface area contributed by atoms with E-state index in [4.69, 9.17) is 20.5 Å². The number of ether oxygens (including phenoxy) is 2. The average Bonchev–Trinajstić information content (AvgIpc) is 2.90. The Bertz CT molecular complexity index is 568. The molecule has 21 heavy (non-hydrogen) atoms. The van der Waals surface area contributed by atoms with E-state index in [1.807, 2.05) is 4.90 Å². The van der Waals surface area contributed by atoms with Crippen LogP contribution in [0.5, 0.6) is 5.75 Å². The minimum atomic E-state index is -0.357. The minimum absolute atomic E-state index is 0.00681. The van der Waals surface area contributed by atoms with Crippen molar-refractivity contribution in [2.24, 2.45) is 5.73 Å². The topological polar surface area (TPSA) is 88.6 Å². The summed E-state index contributed by atoms with van der Waals surface area (Å²) in [7, 11) is 3.21. The quantitative estimate of drug-likeness (QED) is 0.859. The molecular weight excluding hydrogens is 270 g/mol. The third-order valence-electron chi connectivity index (χ3n) is 3.81. The molecule has 6 nitrogen and oxygen atoms in total. The van der Waals surface area contributed by atoms with E-state index in [0.29, 0.717) is 30.8 Å². The highest BCUT2D eigenvalue weighted by molar-refractivity contribution is 5.80. The first-order chi connectivity index (χ1) is 10.1. The molecule has 1 aliphatic rings. The van der Waals surface area contributed by atoms with Gasteiger partial charge in [0.15, 0.2) is 0 Å². The average molecular weight is 289 g/mol. The van der Waals surface area contributed by atoms with Crippen LogP contribution in [0.1, 0.15) is 17.5 Å². The Morgan fingerprint density at radius 3 is 2.86 bits per heavy atom. The van der Waals surface area contributed by atoms with Gasteiger partial charge in [-0.05, 0) is 24.6 Å². The maximum Gasteiger partial charge on any atom is 0.234 e. The first-order valence-corrected chi connectivity index (χ1v) is 6.72. The van der Waals surface area contributed by atoms with Crippen molar-refractivity contribution >= 4 is 5.91 Å². The van der Waals surface area contributed by atoms with E-state index in [0.717, 1.165) is 5.56 Å². The lowest BCUT2D eigenvalue weighted by Crippen LogP contribution is -2.39. The first-order valence-electron chi connectivity index (χ1n) is 6.72. The first kappa shape index (κ1) is 15.3. The van der Waals surface area contributed by atoms with E-state index in [2.05, 4.69) is 6.07 Å². The summed E-state index contributed by atoms with van der Waals surface area (Å²) in [6.07, 6.45) is 0.583. The van der Waals surface area contributed by atoms with Gasteiger partial charge >= 0.3 is 0 Å². The van der Waals surface area contributed by atoms with Gasteiger partial charge in [0.1, 0.15) is 5.75 Å². The van der Waals surface area contributed by atoms with Gasteiger partial charge in [0.2, 0.25) is 5.91 Å². The lowest BCUT2D eigenvalue weighted by atomic mass is 10.1. The Morgan fingerprint density at radius 2 is 2.29 bits per heavy atom. The second-order valence-electron chi connectivity index (χ2n) is 5.08. The number of methoxy groups -OCH3 is 2. The molecule has 1 amide bonds. The SMILES string of the molecule is COc1ccc(C#N)cc1CN1C[C@@H](OC)C[C@H]1C(N)=O. The number of nitriles is 1. The molecule has 112 valence electrons. The number of hydrogen-bond donors (Lipinski definition) is 1. The molecule has 1 aromatic rings. The van der Waals surface area contributed by atoms with Crippen LogP contribution in [-0.4, -0.2) is 43.7 Å². The molecule has 2 atom stereocenters. The number of likely N-dealkylation sites (tertiary alicyclic amines) is 1. The number of amides is 1. The van der Waals surface area contributed by atoms with Crippen LogP contribution >= 0.6 is 0 Å². The summed E-state index contributed by atoms with van der Waals surface area (Å²) in [6, 6.07) is 6.99. The Balaban J connectivity index is 2.23. The maximum absolute atomic E-state index is 11.6. The molecule has 0 unspecified atom stereocenters. The van der Waals surface area contributed by atoms with Gasteiger partial charge in [0.05, 0.1) is 30.9 Å². The van der Waals surface area contributed by atoms with Crippen LogP contribution in [0, 0.1) is 11.3 Å². The van der Waals surface area contributed by atoms with Crippen molar-refractivity contribution in [3.05, 3.63) is 29.3 Å². The monoisotopic (exact) mass is 289 g/mol. The highest BCUT2D eigenvalue weighted by Crippen LogP contribution is 2.27. The summed E-state index contributed by atoms with van der Waals surface area (Å²) in [5, 5.41) is 9.01. The van der Waals surface area contributed by atoms with Crippen LogP contribution in [0.15, 0.2) is 18.2 Å². The third-order valence-corrected chi connectivity index (χ3v) is 3.81. The number of carbonyl (C=O) groups excluding carboxylic acids is 1. The molecule has 2 rings (SSSR count). The summed E-state index contributed by atoms with van der Waals surface area (Å²) in [4.78, 5) is 13.6. The van der Waals surface area contributed by atoms with Crippen molar-refractivity contribution in [2.75, 3.05) is 20.8 Å². The molecule has 1 saturated heterocycles. The molecule has 1 fully saturated rings. The van der Waals surface area contributed by atoms with Gasteiger partial charge in [0.25, 0.3) is 0 Å². The minimum Gasteiger partial charge on any atom is -0.496 e. The summed E-state index contributed by atoms with van der Waals surface area (Å²) in [5.74, 6) is 0.336. The van der Waals surface area contributed by atoms with E-state index >= 15 is 0 Å². The van der Waals surface area contributed by atoms with Crippen molar-refractivity contribution in [3.63, 3.8) is 0 Å². The van der Waals surface area contributed by atoms with Crippen LogP contribution < -0.4 is 10.5 Å². The molecule has 2 N–H and O–H groups in total. The zero-order chi connectivity index (χ0) is 15.4. The highest BCUT2D eigenvalue weighted by Gasteiger charge is 2.36. The molecule has 1 aliphatic heterocycles. The predicted octanol–water partition coefficient (Wildman–Crippen LogP) is 0.641. The number of carbonyl (C=O) groups is 1. The van der Waals surface area contributed by atoms with Crippen LogP contribution in [0.3, 0.4) is 0 Å². The fourth-order valence-corrected chi connectivity index (χ4v) is 2.69. The normalized spacial score (nSPS) is 22.0. The van der Waals surface area contributed by atoms with Crippen LogP contribution in [-0.2, 0) is 16.1 Å². The zero-order valence-corrected chi connectivity index (χ0v) is 12.2. The van der Waals surface area contributed by atoms with Crippen molar-refractivity contribution in [1.82, 2.24) is 4.90 Å². The number of benzene rings is 1. The fraction of sp³-hybridized carbons (Fsp3) is 0.467. The summed E-state index contributed by atoms with van der Waals surface area (Å²) in [5.41, 5.74) is 6.89. The second kappa shape index (κ2) is 6.57. The van der Waals surface area contributed by atoms with Gasteiger partial charge in [-0.25, -0.2) is 0 Å². The molecule has 0 aromatic heterocycles.